The molecule has 6 nitrogen and oxygen atoms in total. The van der Waals surface area contributed by atoms with Crippen LogP contribution >= 0.6 is 0 Å². The highest BCUT2D eigenvalue weighted by Gasteiger charge is 2.22. The Labute approximate surface area is 141 Å². The second-order valence-corrected chi connectivity index (χ2v) is 6.37. The Balaban J connectivity index is 1.49. The van der Waals surface area contributed by atoms with Crippen LogP contribution in [-0.2, 0) is 6.54 Å². The first kappa shape index (κ1) is 16.5. The van der Waals surface area contributed by atoms with Gasteiger partial charge in [0.05, 0.1) is 12.3 Å². The summed E-state index contributed by atoms with van der Waals surface area (Å²) in [7, 11) is 0. The van der Waals surface area contributed by atoms with Crippen LogP contribution in [0.3, 0.4) is 0 Å². The number of ether oxygens (including phenoxy) is 1. The lowest BCUT2D eigenvalue weighted by molar-refractivity contribution is 0.0913. The molecule has 1 atom stereocenters. The maximum Gasteiger partial charge on any atom is 0.290 e. The molecule has 0 aromatic carbocycles. The van der Waals surface area contributed by atoms with Crippen LogP contribution < -0.4 is 10.1 Å². The van der Waals surface area contributed by atoms with E-state index >= 15 is 0 Å². The summed E-state index contributed by atoms with van der Waals surface area (Å²) in [6, 6.07) is 5.44. The van der Waals surface area contributed by atoms with Crippen molar-refractivity contribution in [3.05, 3.63) is 41.4 Å². The van der Waals surface area contributed by atoms with Crippen LogP contribution in [0.4, 0.5) is 0 Å². The molecule has 1 unspecified atom stereocenters. The van der Waals surface area contributed by atoms with Crippen molar-refractivity contribution in [1.29, 1.82) is 0 Å². The Morgan fingerprint density at radius 3 is 2.96 bits per heavy atom. The van der Waals surface area contributed by atoms with Crippen molar-refractivity contribution in [3.8, 4) is 5.88 Å². The van der Waals surface area contributed by atoms with Gasteiger partial charge in [-0.25, -0.2) is 4.98 Å². The third kappa shape index (κ3) is 4.34. The summed E-state index contributed by atoms with van der Waals surface area (Å²) in [5.41, 5.74) is 1.71. The molecule has 0 aliphatic heterocycles. The van der Waals surface area contributed by atoms with E-state index in [1.165, 1.54) is 12.8 Å². The molecule has 0 bridgehead atoms. The molecule has 6 heteroatoms. The minimum atomic E-state index is -0.272. The number of carbonyl (C=O) groups excluding carboxylic acids is 1. The van der Waals surface area contributed by atoms with Gasteiger partial charge < -0.3 is 14.6 Å². The van der Waals surface area contributed by atoms with E-state index in [0.717, 1.165) is 24.3 Å². The molecular formula is C18H23N3O3. The summed E-state index contributed by atoms with van der Waals surface area (Å²) >= 11 is 0. The van der Waals surface area contributed by atoms with Gasteiger partial charge in [-0.2, -0.15) is 0 Å². The van der Waals surface area contributed by atoms with Crippen molar-refractivity contribution in [2.24, 2.45) is 5.92 Å². The van der Waals surface area contributed by atoms with Gasteiger partial charge in [0.1, 0.15) is 0 Å². The number of pyridine rings is 1. The summed E-state index contributed by atoms with van der Waals surface area (Å²) in [4.78, 5) is 16.4. The molecule has 0 radical (unpaired) electrons. The zero-order chi connectivity index (χ0) is 16.9. The number of hydrogen-bond acceptors (Lipinski definition) is 5. The number of aromatic nitrogens is 2. The lowest BCUT2D eigenvalue weighted by Crippen LogP contribution is -2.22. The zero-order valence-corrected chi connectivity index (χ0v) is 14.1. The number of carbonyl (C=O) groups is 1. The predicted molar refractivity (Wildman–Crippen MR) is 88.8 cm³/mol. The molecule has 2 aromatic rings. The fourth-order valence-electron chi connectivity index (χ4n) is 2.20. The Hall–Kier alpha value is -2.37. The number of rotatable bonds is 8. The molecule has 1 aliphatic rings. The zero-order valence-electron chi connectivity index (χ0n) is 14.1. The number of amides is 1. The van der Waals surface area contributed by atoms with Crippen molar-refractivity contribution in [2.75, 3.05) is 6.61 Å². The van der Waals surface area contributed by atoms with Gasteiger partial charge in [0.25, 0.3) is 5.91 Å². The van der Waals surface area contributed by atoms with E-state index in [9.17, 15) is 4.79 Å². The monoisotopic (exact) mass is 329 g/mol. The van der Waals surface area contributed by atoms with Crippen LogP contribution in [0, 0.1) is 5.92 Å². The third-order valence-corrected chi connectivity index (χ3v) is 4.28. The molecule has 3 rings (SSSR count). The number of nitrogens with zero attached hydrogens (tertiary/aromatic N) is 2. The van der Waals surface area contributed by atoms with E-state index in [1.54, 1.807) is 12.3 Å². The first-order valence-corrected chi connectivity index (χ1v) is 8.48. The van der Waals surface area contributed by atoms with Crippen molar-refractivity contribution in [2.45, 2.75) is 45.6 Å². The lowest BCUT2D eigenvalue weighted by Gasteiger charge is -2.06. The van der Waals surface area contributed by atoms with Crippen molar-refractivity contribution in [3.63, 3.8) is 0 Å². The molecule has 1 saturated carbocycles. The summed E-state index contributed by atoms with van der Waals surface area (Å²) in [6.45, 7) is 5.25. The Bertz CT molecular complexity index is 677. The highest BCUT2D eigenvalue weighted by Crippen LogP contribution is 2.29. The molecule has 1 aliphatic carbocycles. The largest absolute Gasteiger partial charge is 0.477 e. The van der Waals surface area contributed by atoms with E-state index in [2.05, 4.69) is 29.3 Å². The maximum absolute atomic E-state index is 12.1. The number of hydrogen-bond donors (Lipinski definition) is 1. The van der Waals surface area contributed by atoms with E-state index in [4.69, 9.17) is 9.26 Å². The molecule has 128 valence electrons. The Kier molecular flexibility index (Phi) is 5.13. The first-order valence-electron chi connectivity index (χ1n) is 8.48. The van der Waals surface area contributed by atoms with Gasteiger partial charge in [-0.05, 0) is 30.7 Å². The van der Waals surface area contributed by atoms with Gasteiger partial charge in [-0.15, -0.1) is 0 Å². The standard InChI is InChI=1S/C18H23N3O3/c1-3-12(2)15-8-16(24-21-15)18(22)20-10-14-6-7-17(19-9-14)23-11-13-4-5-13/h6-9,12-13H,3-5,10-11H2,1-2H3,(H,20,22). The highest BCUT2D eigenvalue weighted by atomic mass is 16.5. The second kappa shape index (κ2) is 7.47. The molecule has 2 aromatic heterocycles. The van der Waals surface area contributed by atoms with Crippen molar-refractivity contribution < 1.29 is 14.1 Å². The maximum atomic E-state index is 12.1. The quantitative estimate of drug-likeness (QED) is 0.804. The minimum Gasteiger partial charge on any atom is -0.477 e. The molecule has 0 spiro atoms. The molecule has 1 N–H and O–H groups in total. The molecule has 1 fully saturated rings. The predicted octanol–water partition coefficient (Wildman–Crippen LogP) is 3.30. The van der Waals surface area contributed by atoms with Gasteiger partial charge in [0.2, 0.25) is 11.6 Å². The Morgan fingerprint density at radius 2 is 2.29 bits per heavy atom. The molecule has 2 heterocycles. The van der Waals surface area contributed by atoms with E-state index in [-0.39, 0.29) is 17.6 Å². The average Bonchev–Trinajstić information content (AvgIpc) is 3.31. The van der Waals surface area contributed by atoms with E-state index in [0.29, 0.717) is 18.3 Å². The molecular weight excluding hydrogens is 306 g/mol. The van der Waals surface area contributed by atoms with Crippen molar-refractivity contribution in [1.82, 2.24) is 15.5 Å². The van der Waals surface area contributed by atoms with Gasteiger partial charge >= 0.3 is 0 Å². The third-order valence-electron chi connectivity index (χ3n) is 4.28. The van der Waals surface area contributed by atoms with Crippen LogP contribution in [0.5, 0.6) is 5.88 Å². The summed E-state index contributed by atoms with van der Waals surface area (Å²) in [5.74, 6) is 1.58. The molecule has 24 heavy (non-hydrogen) atoms. The fraction of sp³-hybridized carbons (Fsp3) is 0.500. The summed E-state index contributed by atoms with van der Waals surface area (Å²) in [6.07, 6.45) is 5.18. The van der Waals surface area contributed by atoms with Gasteiger partial charge in [-0.3, -0.25) is 4.79 Å². The smallest absolute Gasteiger partial charge is 0.290 e. The average molecular weight is 329 g/mol. The summed E-state index contributed by atoms with van der Waals surface area (Å²) < 4.78 is 10.7. The van der Waals surface area contributed by atoms with Gasteiger partial charge in [-0.1, -0.05) is 25.1 Å². The first-order chi connectivity index (χ1) is 11.7. The lowest BCUT2D eigenvalue weighted by atomic mass is 10.1. The molecule has 0 saturated heterocycles. The number of nitrogens with one attached hydrogen (secondary N) is 1. The fourth-order valence-corrected chi connectivity index (χ4v) is 2.20. The van der Waals surface area contributed by atoms with Crippen molar-refractivity contribution >= 4 is 5.91 Å². The Morgan fingerprint density at radius 1 is 1.46 bits per heavy atom. The van der Waals surface area contributed by atoms with Crippen LogP contribution in [0.25, 0.3) is 0 Å². The molecule has 1 amide bonds. The van der Waals surface area contributed by atoms with E-state index in [1.807, 2.05) is 12.1 Å². The second-order valence-electron chi connectivity index (χ2n) is 6.37. The van der Waals surface area contributed by atoms with Gasteiger partial charge in [0.15, 0.2) is 0 Å². The van der Waals surface area contributed by atoms with Crippen LogP contribution in [0.2, 0.25) is 0 Å². The van der Waals surface area contributed by atoms with Gasteiger partial charge in [0, 0.05) is 30.8 Å². The highest BCUT2D eigenvalue weighted by molar-refractivity contribution is 5.91. The topological polar surface area (TPSA) is 77.2 Å². The van der Waals surface area contributed by atoms with E-state index < -0.39 is 0 Å². The normalized spacial score (nSPS) is 15.1. The van der Waals surface area contributed by atoms with Crippen LogP contribution in [-0.4, -0.2) is 22.7 Å². The summed E-state index contributed by atoms with van der Waals surface area (Å²) in [5, 5.41) is 6.76. The SMILES string of the molecule is CCC(C)c1cc(C(=O)NCc2ccc(OCC3CC3)nc2)on1. The van der Waals surface area contributed by atoms with Crippen LogP contribution in [0.1, 0.15) is 60.8 Å². The minimum absolute atomic E-state index is 0.239. The van der Waals surface area contributed by atoms with Crippen LogP contribution in [0.15, 0.2) is 28.9 Å².